The van der Waals surface area contributed by atoms with Crippen LogP contribution < -0.4 is 14.8 Å². The molecule has 116 valence electrons. The molecular formula is C13H16ClNO5S. The number of sulfone groups is 1. The maximum atomic E-state index is 12.2. The molecule has 0 aliphatic carbocycles. The van der Waals surface area contributed by atoms with E-state index in [9.17, 15) is 13.2 Å². The SMILES string of the molecule is COc1cc(NC(=O)[C@@H]2CCS(=O)(=O)C2)c(OC)cc1Cl. The van der Waals surface area contributed by atoms with Crippen molar-refractivity contribution in [3.63, 3.8) is 0 Å². The van der Waals surface area contributed by atoms with Crippen LogP contribution in [0.2, 0.25) is 5.02 Å². The van der Waals surface area contributed by atoms with Gasteiger partial charge in [-0.05, 0) is 6.42 Å². The quantitative estimate of drug-likeness (QED) is 0.907. The standard InChI is InChI=1S/C13H16ClNO5S/c1-19-11-6-10(12(20-2)5-9(11)14)15-13(16)8-3-4-21(17,18)7-8/h5-6,8H,3-4,7H2,1-2H3,(H,15,16)/t8-/m1/s1. The summed E-state index contributed by atoms with van der Waals surface area (Å²) in [7, 11) is -0.193. The van der Waals surface area contributed by atoms with Crippen molar-refractivity contribution in [2.45, 2.75) is 6.42 Å². The van der Waals surface area contributed by atoms with Gasteiger partial charge in [-0.3, -0.25) is 4.79 Å². The second-order valence-corrected chi connectivity index (χ2v) is 7.41. The zero-order valence-corrected chi connectivity index (χ0v) is 13.3. The first-order valence-corrected chi connectivity index (χ1v) is 8.49. The molecule has 0 aromatic heterocycles. The number of methoxy groups -OCH3 is 2. The fraction of sp³-hybridized carbons (Fsp3) is 0.462. The minimum absolute atomic E-state index is 0.0478. The third kappa shape index (κ3) is 3.59. The van der Waals surface area contributed by atoms with Gasteiger partial charge in [0.15, 0.2) is 9.84 Å². The molecule has 1 saturated heterocycles. The Kier molecular flexibility index (Phi) is 4.63. The van der Waals surface area contributed by atoms with Gasteiger partial charge in [0.2, 0.25) is 5.91 Å². The van der Waals surface area contributed by atoms with E-state index < -0.39 is 15.8 Å². The van der Waals surface area contributed by atoms with E-state index in [1.54, 1.807) is 6.07 Å². The average molecular weight is 334 g/mol. The van der Waals surface area contributed by atoms with Gasteiger partial charge < -0.3 is 14.8 Å². The number of ether oxygens (including phenoxy) is 2. The molecule has 1 N–H and O–H groups in total. The first-order valence-electron chi connectivity index (χ1n) is 6.29. The van der Waals surface area contributed by atoms with Crippen molar-refractivity contribution in [2.24, 2.45) is 5.92 Å². The van der Waals surface area contributed by atoms with Crippen molar-refractivity contribution < 1.29 is 22.7 Å². The zero-order valence-electron chi connectivity index (χ0n) is 11.7. The molecular weight excluding hydrogens is 318 g/mol. The molecule has 1 atom stereocenters. The van der Waals surface area contributed by atoms with E-state index in [0.29, 0.717) is 28.6 Å². The van der Waals surface area contributed by atoms with Crippen molar-refractivity contribution in [1.29, 1.82) is 0 Å². The van der Waals surface area contributed by atoms with Gasteiger partial charge in [-0.1, -0.05) is 11.6 Å². The second-order valence-electron chi connectivity index (χ2n) is 4.78. The molecule has 1 aliphatic rings. The fourth-order valence-electron chi connectivity index (χ4n) is 2.19. The summed E-state index contributed by atoms with van der Waals surface area (Å²) in [5.74, 6) is -0.181. The van der Waals surface area contributed by atoms with Gasteiger partial charge in [0.1, 0.15) is 11.5 Å². The van der Waals surface area contributed by atoms with E-state index in [0.717, 1.165) is 0 Å². The smallest absolute Gasteiger partial charge is 0.228 e. The van der Waals surface area contributed by atoms with Crippen molar-refractivity contribution in [3.05, 3.63) is 17.2 Å². The van der Waals surface area contributed by atoms with Crippen LogP contribution in [0.5, 0.6) is 11.5 Å². The van der Waals surface area contributed by atoms with Crippen LogP contribution in [0.4, 0.5) is 5.69 Å². The maximum Gasteiger partial charge on any atom is 0.228 e. The van der Waals surface area contributed by atoms with Crippen molar-refractivity contribution in [2.75, 3.05) is 31.0 Å². The molecule has 1 amide bonds. The summed E-state index contributed by atoms with van der Waals surface area (Å²) in [5.41, 5.74) is 0.396. The Morgan fingerprint density at radius 1 is 1.29 bits per heavy atom. The van der Waals surface area contributed by atoms with Crippen LogP contribution in [0.1, 0.15) is 6.42 Å². The van der Waals surface area contributed by atoms with Gasteiger partial charge >= 0.3 is 0 Å². The Morgan fingerprint density at radius 2 is 1.95 bits per heavy atom. The summed E-state index contributed by atoms with van der Waals surface area (Å²) in [6.07, 6.45) is 0.335. The second kappa shape index (κ2) is 6.11. The molecule has 0 spiro atoms. The van der Waals surface area contributed by atoms with Crippen molar-refractivity contribution >= 4 is 33.0 Å². The van der Waals surface area contributed by atoms with Gasteiger partial charge in [0.25, 0.3) is 0 Å². The molecule has 1 aromatic rings. The number of nitrogens with one attached hydrogen (secondary N) is 1. The lowest BCUT2D eigenvalue weighted by atomic mass is 10.1. The number of hydrogen-bond donors (Lipinski definition) is 1. The highest BCUT2D eigenvalue weighted by atomic mass is 35.5. The highest BCUT2D eigenvalue weighted by Crippen LogP contribution is 2.36. The van der Waals surface area contributed by atoms with Crippen molar-refractivity contribution in [3.8, 4) is 11.5 Å². The number of amides is 1. The van der Waals surface area contributed by atoms with Gasteiger partial charge in [0, 0.05) is 12.1 Å². The largest absolute Gasteiger partial charge is 0.495 e. The molecule has 1 aromatic carbocycles. The molecule has 8 heteroatoms. The molecule has 1 fully saturated rings. The van der Waals surface area contributed by atoms with E-state index in [4.69, 9.17) is 21.1 Å². The van der Waals surface area contributed by atoms with Crippen LogP contribution >= 0.6 is 11.6 Å². The van der Waals surface area contributed by atoms with E-state index in [1.165, 1.54) is 20.3 Å². The van der Waals surface area contributed by atoms with Crippen LogP contribution in [0, 0.1) is 5.92 Å². The lowest BCUT2D eigenvalue weighted by Gasteiger charge is -2.15. The first-order chi connectivity index (χ1) is 9.86. The summed E-state index contributed by atoms with van der Waals surface area (Å²) in [5, 5.41) is 3.03. The third-order valence-corrected chi connectivity index (χ3v) is 5.40. The molecule has 0 bridgehead atoms. The first kappa shape index (κ1) is 15.9. The fourth-order valence-corrected chi connectivity index (χ4v) is 4.17. The number of halogens is 1. The number of anilines is 1. The summed E-state index contributed by atoms with van der Waals surface area (Å²) in [4.78, 5) is 12.2. The van der Waals surface area contributed by atoms with Crippen LogP contribution in [0.15, 0.2) is 12.1 Å². The molecule has 6 nitrogen and oxygen atoms in total. The Labute approximate surface area is 128 Å². The molecule has 0 saturated carbocycles. The topological polar surface area (TPSA) is 81.7 Å². The zero-order chi connectivity index (χ0) is 15.6. The Hall–Kier alpha value is -1.47. The summed E-state index contributed by atoms with van der Waals surface area (Å²) in [6.45, 7) is 0. The minimum atomic E-state index is -3.11. The maximum absolute atomic E-state index is 12.2. The van der Waals surface area contributed by atoms with Crippen LogP contribution in [0.25, 0.3) is 0 Å². The minimum Gasteiger partial charge on any atom is -0.495 e. The normalized spacial score (nSPS) is 20.0. The molecule has 21 heavy (non-hydrogen) atoms. The summed E-state index contributed by atoms with van der Waals surface area (Å²) < 4.78 is 33.1. The molecule has 1 heterocycles. The molecule has 0 unspecified atom stereocenters. The van der Waals surface area contributed by atoms with E-state index >= 15 is 0 Å². The third-order valence-electron chi connectivity index (χ3n) is 3.34. The van der Waals surface area contributed by atoms with E-state index in [2.05, 4.69) is 5.32 Å². The predicted molar refractivity (Wildman–Crippen MR) is 79.9 cm³/mol. The average Bonchev–Trinajstić information content (AvgIpc) is 2.80. The Balaban J connectivity index is 2.21. The number of hydrogen-bond acceptors (Lipinski definition) is 5. The van der Waals surface area contributed by atoms with Gasteiger partial charge in [-0.15, -0.1) is 0 Å². The number of carbonyl (C=O) groups excluding carboxylic acids is 1. The van der Waals surface area contributed by atoms with E-state index in [1.807, 2.05) is 0 Å². The van der Waals surface area contributed by atoms with Crippen LogP contribution in [-0.4, -0.2) is 40.1 Å². The van der Waals surface area contributed by atoms with Gasteiger partial charge in [-0.2, -0.15) is 0 Å². The molecule has 2 rings (SSSR count). The Bertz CT molecular complexity index is 659. The predicted octanol–water partition coefficient (Wildman–Crippen LogP) is 1.73. The Morgan fingerprint density at radius 3 is 2.48 bits per heavy atom. The highest BCUT2D eigenvalue weighted by Gasteiger charge is 2.33. The van der Waals surface area contributed by atoms with Gasteiger partial charge in [0.05, 0.1) is 42.4 Å². The van der Waals surface area contributed by atoms with E-state index in [-0.39, 0.29) is 17.4 Å². The lowest BCUT2D eigenvalue weighted by Crippen LogP contribution is -2.24. The number of carbonyl (C=O) groups is 1. The van der Waals surface area contributed by atoms with Gasteiger partial charge in [-0.25, -0.2) is 8.42 Å². The van der Waals surface area contributed by atoms with Crippen LogP contribution in [-0.2, 0) is 14.6 Å². The van der Waals surface area contributed by atoms with Crippen molar-refractivity contribution in [1.82, 2.24) is 0 Å². The number of benzene rings is 1. The molecule has 1 aliphatic heterocycles. The lowest BCUT2D eigenvalue weighted by molar-refractivity contribution is -0.119. The molecule has 0 radical (unpaired) electrons. The summed E-state index contributed by atoms with van der Waals surface area (Å²) in [6, 6.07) is 3.07. The number of rotatable bonds is 4. The highest BCUT2D eigenvalue weighted by molar-refractivity contribution is 7.91. The summed E-state index contributed by atoms with van der Waals surface area (Å²) >= 11 is 5.98. The van der Waals surface area contributed by atoms with Crippen LogP contribution in [0.3, 0.4) is 0 Å². The monoisotopic (exact) mass is 333 g/mol.